The molecule has 0 spiro atoms. The standard InChI is InChI=1S/C16H10ClFN2O3/c17-13-8-11(18)6-7-12(13)16(21)22-9-14-19-20-15(23-14)10-4-2-1-3-5-10/h1-8H,9H2. The number of rotatable bonds is 4. The number of aromatic nitrogens is 2. The van der Waals surface area contributed by atoms with Gasteiger partial charge in [-0.2, -0.15) is 0 Å². The van der Waals surface area contributed by atoms with Crippen molar-refractivity contribution in [3.63, 3.8) is 0 Å². The molecule has 7 heteroatoms. The fraction of sp³-hybridized carbons (Fsp3) is 0.0625. The average molecular weight is 333 g/mol. The van der Waals surface area contributed by atoms with Crippen molar-refractivity contribution >= 4 is 17.6 Å². The number of ether oxygens (including phenoxy) is 1. The van der Waals surface area contributed by atoms with Crippen LogP contribution in [0, 0.1) is 5.82 Å². The van der Waals surface area contributed by atoms with Gasteiger partial charge in [0.1, 0.15) is 5.82 Å². The molecule has 1 aromatic heterocycles. The van der Waals surface area contributed by atoms with Crippen LogP contribution < -0.4 is 0 Å². The zero-order valence-electron chi connectivity index (χ0n) is 11.7. The zero-order valence-corrected chi connectivity index (χ0v) is 12.5. The van der Waals surface area contributed by atoms with Crippen molar-refractivity contribution in [1.29, 1.82) is 0 Å². The van der Waals surface area contributed by atoms with Crippen LogP contribution in [0.3, 0.4) is 0 Å². The van der Waals surface area contributed by atoms with Gasteiger partial charge in [0.15, 0.2) is 6.61 Å². The van der Waals surface area contributed by atoms with Gasteiger partial charge in [-0.1, -0.05) is 29.8 Å². The van der Waals surface area contributed by atoms with Crippen LogP contribution >= 0.6 is 11.6 Å². The van der Waals surface area contributed by atoms with E-state index in [1.54, 1.807) is 0 Å². The van der Waals surface area contributed by atoms with Crippen molar-refractivity contribution in [1.82, 2.24) is 10.2 Å². The van der Waals surface area contributed by atoms with Gasteiger partial charge in [0, 0.05) is 5.56 Å². The summed E-state index contributed by atoms with van der Waals surface area (Å²) in [6.45, 7) is -0.202. The fourth-order valence-electron chi connectivity index (χ4n) is 1.87. The van der Waals surface area contributed by atoms with Gasteiger partial charge in [0.05, 0.1) is 10.6 Å². The van der Waals surface area contributed by atoms with Crippen LogP contribution in [0.15, 0.2) is 52.9 Å². The minimum Gasteiger partial charge on any atom is -0.452 e. The first-order valence-corrected chi connectivity index (χ1v) is 7.01. The van der Waals surface area contributed by atoms with Crippen molar-refractivity contribution in [3.8, 4) is 11.5 Å². The Morgan fingerprint density at radius 1 is 1.17 bits per heavy atom. The second-order valence-corrected chi connectivity index (χ2v) is 4.97. The first kappa shape index (κ1) is 15.2. The van der Waals surface area contributed by atoms with E-state index in [0.29, 0.717) is 5.89 Å². The summed E-state index contributed by atoms with van der Waals surface area (Å²) in [5.41, 5.74) is 0.829. The molecule has 23 heavy (non-hydrogen) atoms. The Morgan fingerprint density at radius 3 is 2.70 bits per heavy atom. The SMILES string of the molecule is O=C(OCc1nnc(-c2ccccc2)o1)c1ccc(F)cc1Cl. The van der Waals surface area contributed by atoms with Gasteiger partial charge in [-0.3, -0.25) is 0 Å². The molecule has 116 valence electrons. The van der Waals surface area contributed by atoms with Crippen LogP contribution in [-0.4, -0.2) is 16.2 Å². The topological polar surface area (TPSA) is 65.2 Å². The summed E-state index contributed by atoms with van der Waals surface area (Å²) in [7, 11) is 0. The molecule has 0 bridgehead atoms. The molecule has 0 saturated carbocycles. The maximum absolute atomic E-state index is 13.0. The van der Waals surface area contributed by atoms with Crippen LogP contribution in [-0.2, 0) is 11.3 Å². The quantitative estimate of drug-likeness (QED) is 0.678. The Bertz CT molecular complexity index is 836. The third-order valence-corrected chi connectivity index (χ3v) is 3.28. The van der Waals surface area contributed by atoms with E-state index in [-0.39, 0.29) is 23.1 Å². The molecule has 0 fully saturated rings. The Labute approximate surface area is 135 Å². The van der Waals surface area contributed by atoms with Crippen molar-refractivity contribution < 1.29 is 18.3 Å². The number of halogens is 2. The zero-order chi connectivity index (χ0) is 16.2. The molecule has 0 N–H and O–H groups in total. The number of nitrogens with zero attached hydrogens (tertiary/aromatic N) is 2. The number of benzene rings is 2. The lowest BCUT2D eigenvalue weighted by atomic mass is 10.2. The molecular weight excluding hydrogens is 323 g/mol. The molecule has 0 amide bonds. The fourth-order valence-corrected chi connectivity index (χ4v) is 2.11. The molecule has 0 radical (unpaired) electrons. The molecule has 1 heterocycles. The lowest BCUT2D eigenvalue weighted by Crippen LogP contribution is -2.06. The van der Waals surface area contributed by atoms with Gasteiger partial charge in [0.2, 0.25) is 5.89 Å². The smallest absolute Gasteiger partial charge is 0.340 e. The van der Waals surface area contributed by atoms with Crippen molar-refractivity contribution in [2.75, 3.05) is 0 Å². The van der Waals surface area contributed by atoms with Gasteiger partial charge >= 0.3 is 5.97 Å². The number of carbonyl (C=O) groups excluding carboxylic acids is 1. The van der Waals surface area contributed by atoms with E-state index in [9.17, 15) is 9.18 Å². The van der Waals surface area contributed by atoms with Crippen LogP contribution in [0.4, 0.5) is 4.39 Å². The predicted molar refractivity (Wildman–Crippen MR) is 80.3 cm³/mol. The maximum Gasteiger partial charge on any atom is 0.340 e. The molecule has 0 unspecified atom stereocenters. The normalized spacial score (nSPS) is 10.5. The highest BCUT2D eigenvalue weighted by molar-refractivity contribution is 6.33. The molecular formula is C16H10ClFN2O3. The molecule has 3 rings (SSSR count). The summed E-state index contributed by atoms with van der Waals surface area (Å²) in [5.74, 6) is -0.752. The Balaban J connectivity index is 1.67. The highest BCUT2D eigenvalue weighted by atomic mass is 35.5. The van der Waals surface area contributed by atoms with E-state index in [2.05, 4.69) is 10.2 Å². The van der Waals surface area contributed by atoms with E-state index in [1.165, 1.54) is 6.07 Å². The largest absolute Gasteiger partial charge is 0.452 e. The first-order valence-electron chi connectivity index (χ1n) is 6.63. The van der Waals surface area contributed by atoms with Gasteiger partial charge in [0.25, 0.3) is 5.89 Å². The molecule has 2 aromatic carbocycles. The van der Waals surface area contributed by atoms with Gasteiger partial charge in [-0.05, 0) is 30.3 Å². The van der Waals surface area contributed by atoms with E-state index in [0.717, 1.165) is 17.7 Å². The van der Waals surface area contributed by atoms with Gasteiger partial charge < -0.3 is 9.15 Å². The average Bonchev–Trinajstić information content (AvgIpc) is 3.02. The van der Waals surface area contributed by atoms with E-state index < -0.39 is 11.8 Å². The van der Waals surface area contributed by atoms with Crippen LogP contribution in [0.2, 0.25) is 5.02 Å². The van der Waals surface area contributed by atoms with Gasteiger partial charge in [-0.25, -0.2) is 9.18 Å². The van der Waals surface area contributed by atoms with Crippen LogP contribution in [0.5, 0.6) is 0 Å². The lowest BCUT2D eigenvalue weighted by molar-refractivity contribution is 0.0439. The van der Waals surface area contributed by atoms with Crippen LogP contribution in [0.1, 0.15) is 16.2 Å². The Morgan fingerprint density at radius 2 is 1.96 bits per heavy atom. The summed E-state index contributed by atoms with van der Waals surface area (Å²) in [4.78, 5) is 11.9. The molecule has 3 aromatic rings. The number of carbonyl (C=O) groups is 1. The summed E-state index contributed by atoms with van der Waals surface area (Å²) in [6.07, 6.45) is 0. The lowest BCUT2D eigenvalue weighted by Gasteiger charge is -2.04. The Hall–Kier alpha value is -2.73. The molecule has 5 nitrogen and oxygen atoms in total. The highest BCUT2D eigenvalue weighted by Crippen LogP contribution is 2.20. The monoisotopic (exact) mass is 332 g/mol. The van der Waals surface area contributed by atoms with Crippen LogP contribution in [0.25, 0.3) is 11.5 Å². The summed E-state index contributed by atoms with van der Waals surface area (Å²) < 4.78 is 23.4. The number of hydrogen-bond donors (Lipinski definition) is 0. The maximum atomic E-state index is 13.0. The summed E-state index contributed by atoms with van der Waals surface area (Å²) in [6, 6.07) is 12.6. The minimum absolute atomic E-state index is 0.0227. The molecule has 0 aliphatic carbocycles. The number of hydrogen-bond acceptors (Lipinski definition) is 5. The molecule has 0 aliphatic rings. The van der Waals surface area contributed by atoms with Crippen molar-refractivity contribution in [2.24, 2.45) is 0 Å². The second-order valence-electron chi connectivity index (χ2n) is 4.57. The third kappa shape index (κ3) is 3.54. The molecule has 0 atom stereocenters. The Kier molecular flexibility index (Phi) is 4.34. The van der Waals surface area contributed by atoms with Gasteiger partial charge in [-0.15, -0.1) is 10.2 Å². The third-order valence-electron chi connectivity index (χ3n) is 2.97. The summed E-state index contributed by atoms with van der Waals surface area (Å²) >= 11 is 5.80. The van der Waals surface area contributed by atoms with E-state index in [4.69, 9.17) is 20.8 Å². The second kappa shape index (κ2) is 6.58. The van der Waals surface area contributed by atoms with E-state index in [1.807, 2.05) is 30.3 Å². The highest BCUT2D eigenvalue weighted by Gasteiger charge is 2.15. The van der Waals surface area contributed by atoms with Crippen molar-refractivity contribution in [3.05, 3.63) is 70.8 Å². The predicted octanol–water partition coefficient (Wildman–Crippen LogP) is 3.89. The number of esters is 1. The first-order chi connectivity index (χ1) is 11.1. The van der Waals surface area contributed by atoms with E-state index >= 15 is 0 Å². The minimum atomic E-state index is -0.700. The van der Waals surface area contributed by atoms with Crippen molar-refractivity contribution in [2.45, 2.75) is 6.61 Å². The molecule has 0 aliphatic heterocycles. The summed E-state index contributed by atoms with van der Waals surface area (Å²) in [5, 5.41) is 7.67. The molecule has 0 saturated heterocycles.